The normalized spacial score (nSPS) is 16.6. The van der Waals surface area contributed by atoms with Crippen LogP contribution in [0.5, 0.6) is 5.75 Å². The van der Waals surface area contributed by atoms with Gasteiger partial charge in [-0.25, -0.2) is 0 Å². The molecule has 0 aliphatic carbocycles. The zero-order valence-electron chi connectivity index (χ0n) is 11.3. The number of para-hydroxylation sites is 1. The number of aromatic hydroxyl groups is 1. The van der Waals surface area contributed by atoms with Crippen LogP contribution in [0.1, 0.15) is 35.7 Å². The van der Waals surface area contributed by atoms with Crippen LogP contribution in [-0.4, -0.2) is 40.7 Å². The first-order valence-corrected chi connectivity index (χ1v) is 6.88. The summed E-state index contributed by atoms with van der Waals surface area (Å²) in [6.45, 7) is 3.45. The summed E-state index contributed by atoms with van der Waals surface area (Å²) >= 11 is 0. The van der Waals surface area contributed by atoms with E-state index in [0.29, 0.717) is 31.0 Å². The maximum atomic E-state index is 12.4. The van der Waals surface area contributed by atoms with Gasteiger partial charge in [0.25, 0.3) is 5.91 Å². The zero-order chi connectivity index (χ0) is 13.8. The second-order valence-corrected chi connectivity index (χ2v) is 5.09. The molecule has 1 heterocycles. The minimum absolute atomic E-state index is 0.107. The van der Waals surface area contributed by atoms with E-state index in [1.54, 1.807) is 11.0 Å². The lowest BCUT2D eigenvalue weighted by Crippen LogP contribution is -2.39. The lowest BCUT2D eigenvalue weighted by atomic mass is 9.97. The van der Waals surface area contributed by atoms with Gasteiger partial charge in [-0.15, -0.1) is 0 Å². The van der Waals surface area contributed by atoms with E-state index in [9.17, 15) is 9.90 Å². The number of piperidine rings is 1. The third kappa shape index (κ3) is 2.89. The number of carbonyl (C=O) groups is 1. The molecule has 4 heteroatoms. The highest BCUT2D eigenvalue weighted by Crippen LogP contribution is 2.26. The molecule has 2 rings (SSSR count). The van der Waals surface area contributed by atoms with Crippen LogP contribution in [0.3, 0.4) is 0 Å². The van der Waals surface area contributed by atoms with Crippen molar-refractivity contribution in [2.45, 2.75) is 26.2 Å². The second-order valence-electron chi connectivity index (χ2n) is 5.09. The molecule has 0 aromatic heterocycles. The fraction of sp³-hybridized carbons (Fsp3) is 0.533. The second kappa shape index (κ2) is 6.06. The van der Waals surface area contributed by atoms with Gasteiger partial charge < -0.3 is 15.1 Å². The van der Waals surface area contributed by atoms with Crippen LogP contribution >= 0.6 is 0 Å². The van der Waals surface area contributed by atoms with Gasteiger partial charge in [0, 0.05) is 19.7 Å². The Labute approximate surface area is 113 Å². The van der Waals surface area contributed by atoms with Gasteiger partial charge in [0.2, 0.25) is 0 Å². The molecule has 0 atom stereocenters. The molecule has 0 saturated carbocycles. The number of phenolic OH excluding ortho intramolecular Hbond substituents is 1. The number of phenols is 1. The summed E-state index contributed by atoms with van der Waals surface area (Å²) in [4.78, 5) is 14.2. The van der Waals surface area contributed by atoms with Crippen molar-refractivity contribution in [3.8, 4) is 5.75 Å². The molecular weight excluding hydrogens is 242 g/mol. The fourth-order valence-corrected chi connectivity index (χ4v) is 2.54. The van der Waals surface area contributed by atoms with Gasteiger partial charge >= 0.3 is 0 Å². The minimum Gasteiger partial charge on any atom is -0.507 e. The molecule has 1 saturated heterocycles. The molecule has 0 spiro atoms. The third-order valence-corrected chi connectivity index (χ3v) is 3.89. The average molecular weight is 263 g/mol. The summed E-state index contributed by atoms with van der Waals surface area (Å²) in [6.07, 6.45) is 2.37. The predicted octanol–water partition coefficient (Wildman–Crippen LogP) is 1.80. The molecule has 1 aliphatic heterocycles. The van der Waals surface area contributed by atoms with Gasteiger partial charge in [-0.1, -0.05) is 19.1 Å². The van der Waals surface area contributed by atoms with Crippen molar-refractivity contribution >= 4 is 5.91 Å². The van der Waals surface area contributed by atoms with E-state index < -0.39 is 0 Å². The lowest BCUT2D eigenvalue weighted by Gasteiger charge is -2.31. The smallest absolute Gasteiger partial charge is 0.257 e. The van der Waals surface area contributed by atoms with E-state index in [2.05, 4.69) is 0 Å². The predicted molar refractivity (Wildman–Crippen MR) is 73.2 cm³/mol. The molecule has 1 aliphatic rings. The van der Waals surface area contributed by atoms with Crippen molar-refractivity contribution in [2.75, 3.05) is 19.7 Å². The Hall–Kier alpha value is -1.55. The number of aliphatic hydroxyl groups excluding tert-OH is 1. The number of carbonyl (C=O) groups excluding carboxylic acids is 1. The van der Waals surface area contributed by atoms with Crippen molar-refractivity contribution in [2.24, 2.45) is 5.92 Å². The topological polar surface area (TPSA) is 60.8 Å². The van der Waals surface area contributed by atoms with Crippen LogP contribution in [0.4, 0.5) is 0 Å². The van der Waals surface area contributed by atoms with Gasteiger partial charge in [-0.3, -0.25) is 4.79 Å². The van der Waals surface area contributed by atoms with Crippen LogP contribution in [-0.2, 0) is 6.42 Å². The molecular formula is C15H21NO3. The molecule has 19 heavy (non-hydrogen) atoms. The summed E-state index contributed by atoms with van der Waals surface area (Å²) < 4.78 is 0. The quantitative estimate of drug-likeness (QED) is 0.874. The highest BCUT2D eigenvalue weighted by atomic mass is 16.3. The Bertz CT molecular complexity index is 451. The first-order valence-electron chi connectivity index (χ1n) is 6.88. The Kier molecular flexibility index (Phi) is 4.43. The fourth-order valence-electron chi connectivity index (χ4n) is 2.54. The summed E-state index contributed by atoms with van der Waals surface area (Å²) in [5, 5.41) is 19.2. The zero-order valence-corrected chi connectivity index (χ0v) is 11.3. The van der Waals surface area contributed by atoms with Crippen LogP contribution in [0.2, 0.25) is 0 Å². The summed E-state index contributed by atoms with van der Waals surface area (Å²) in [7, 11) is 0. The SMILES string of the molecule is CCc1cccc(C(=O)N2CCC(CO)CC2)c1O. The average Bonchev–Trinajstić information content (AvgIpc) is 2.47. The molecule has 0 unspecified atom stereocenters. The molecule has 1 aromatic rings. The maximum Gasteiger partial charge on any atom is 0.257 e. The van der Waals surface area contributed by atoms with E-state index >= 15 is 0 Å². The molecule has 104 valence electrons. The highest BCUT2D eigenvalue weighted by molar-refractivity contribution is 5.97. The Balaban J connectivity index is 2.12. The van der Waals surface area contributed by atoms with Crippen molar-refractivity contribution in [1.29, 1.82) is 0 Å². The number of aliphatic hydroxyl groups is 1. The number of hydrogen-bond acceptors (Lipinski definition) is 3. The van der Waals surface area contributed by atoms with E-state index in [-0.39, 0.29) is 18.3 Å². The Morgan fingerprint density at radius 1 is 1.37 bits per heavy atom. The van der Waals surface area contributed by atoms with Gasteiger partial charge in [0.1, 0.15) is 5.75 Å². The number of likely N-dealkylation sites (tertiary alicyclic amines) is 1. The van der Waals surface area contributed by atoms with E-state index in [0.717, 1.165) is 18.4 Å². The standard InChI is InChI=1S/C15H21NO3/c1-2-12-4-3-5-13(14(12)18)15(19)16-8-6-11(10-17)7-9-16/h3-5,11,17-18H,2,6-10H2,1H3. The van der Waals surface area contributed by atoms with Crippen molar-refractivity contribution in [1.82, 2.24) is 4.90 Å². The van der Waals surface area contributed by atoms with Gasteiger partial charge in [-0.05, 0) is 36.8 Å². The molecule has 1 amide bonds. The van der Waals surface area contributed by atoms with Gasteiger partial charge in [0.05, 0.1) is 5.56 Å². The maximum absolute atomic E-state index is 12.4. The molecule has 2 N–H and O–H groups in total. The molecule has 0 radical (unpaired) electrons. The molecule has 0 bridgehead atoms. The highest BCUT2D eigenvalue weighted by Gasteiger charge is 2.25. The summed E-state index contributed by atoms with van der Waals surface area (Å²) in [5.74, 6) is 0.308. The van der Waals surface area contributed by atoms with Gasteiger partial charge in [0.15, 0.2) is 0 Å². The molecule has 1 fully saturated rings. The first kappa shape index (κ1) is 13.9. The van der Waals surface area contributed by atoms with Crippen LogP contribution in [0.25, 0.3) is 0 Å². The van der Waals surface area contributed by atoms with E-state index in [1.807, 2.05) is 19.1 Å². The van der Waals surface area contributed by atoms with Crippen LogP contribution < -0.4 is 0 Å². The summed E-state index contributed by atoms with van der Waals surface area (Å²) in [5.41, 5.74) is 1.19. The van der Waals surface area contributed by atoms with Crippen molar-refractivity contribution < 1.29 is 15.0 Å². The van der Waals surface area contributed by atoms with Gasteiger partial charge in [-0.2, -0.15) is 0 Å². The number of aryl methyl sites for hydroxylation is 1. The monoisotopic (exact) mass is 263 g/mol. The number of amides is 1. The van der Waals surface area contributed by atoms with Crippen LogP contribution in [0.15, 0.2) is 18.2 Å². The lowest BCUT2D eigenvalue weighted by molar-refractivity contribution is 0.0648. The largest absolute Gasteiger partial charge is 0.507 e. The van der Waals surface area contributed by atoms with Crippen molar-refractivity contribution in [3.63, 3.8) is 0 Å². The number of rotatable bonds is 3. The minimum atomic E-state index is -0.107. The Morgan fingerprint density at radius 2 is 2.05 bits per heavy atom. The first-order chi connectivity index (χ1) is 9.17. The summed E-state index contributed by atoms with van der Waals surface area (Å²) in [6, 6.07) is 5.32. The van der Waals surface area contributed by atoms with Crippen molar-refractivity contribution in [3.05, 3.63) is 29.3 Å². The molecule has 4 nitrogen and oxygen atoms in total. The Morgan fingerprint density at radius 3 is 2.63 bits per heavy atom. The number of nitrogens with zero attached hydrogens (tertiary/aromatic N) is 1. The van der Waals surface area contributed by atoms with Crippen LogP contribution in [0, 0.1) is 5.92 Å². The van der Waals surface area contributed by atoms with E-state index in [1.165, 1.54) is 0 Å². The van der Waals surface area contributed by atoms with E-state index in [4.69, 9.17) is 5.11 Å². The molecule has 1 aromatic carbocycles. The third-order valence-electron chi connectivity index (χ3n) is 3.89. The number of hydrogen-bond donors (Lipinski definition) is 2. The number of benzene rings is 1.